The third-order valence-corrected chi connectivity index (χ3v) is 6.51. The number of aromatic nitrogens is 3. The van der Waals surface area contributed by atoms with Crippen LogP contribution in [-0.4, -0.2) is 20.9 Å². The fraction of sp³-hybridized carbons (Fsp3) is 0.200. The van der Waals surface area contributed by atoms with E-state index in [1.165, 1.54) is 28.7 Å². The van der Waals surface area contributed by atoms with Crippen molar-refractivity contribution in [1.29, 1.82) is 0 Å². The zero-order chi connectivity index (χ0) is 19.8. The quantitative estimate of drug-likeness (QED) is 0.394. The maximum absolute atomic E-state index is 12.4. The van der Waals surface area contributed by atoms with E-state index < -0.39 is 12.1 Å². The van der Waals surface area contributed by atoms with E-state index in [2.05, 4.69) is 15.0 Å². The molecule has 0 unspecified atom stereocenters. The van der Waals surface area contributed by atoms with Crippen LogP contribution in [0.4, 0.5) is 0 Å². The van der Waals surface area contributed by atoms with Crippen molar-refractivity contribution in [3.8, 4) is 0 Å². The van der Waals surface area contributed by atoms with Crippen molar-refractivity contribution in [2.75, 3.05) is 0 Å². The summed E-state index contributed by atoms with van der Waals surface area (Å²) in [5.74, 6) is -0.187. The molecule has 8 heteroatoms. The lowest BCUT2D eigenvalue weighted by molar-refractivity contribution is -0.142. The van der Waals surface area contributed by atoms with Crippen LogP contribution in [0.1, 0.15) is 34.3 Å². The van der Waals surface area contributed by atoms with Crippen LogP contribution < -0.4 is 5.56 Å². The van der Waals surface area contributed by atoms with E-state index in [0.29, 0.717) is 16.0 Å². The van der Waals surface area contributed by atoms with E-state index in [9.17, 15) is 9.59 Å². The van der Waals surface area contributed by atoms with Gasteiger partial charge in [0.25, 0.3) is 5.56 Å². The number of ether oxygens (including phenoxy) is 1. The number of hydrogen-bond acceptors (Lipinski definition) is 7. The molecule has 1 N–H and O–H groups in total. The number of aromatic amines is 1. The average molecular weight is 412 g/mol. The van der Waals surface area contributed by atoms with Gasteiger partial charge in [-0.1, -0.05) is 12.1 Å². The number of fused-ring (bicyclic) bond motifs is 2. The number of thiazole rings is 1. The summed E-state index contributed by atoms with van der Waals surface area (Å²) in [6.07, 6.45) is 2.29. The van der Waals surface area contributed by atoms with Crippen molar-refractivity contribution in [1.82, 2.24) is 15.0 Å². The van der Waals surface area contributed by atoms with Crippen LogP contribution in [0.3, 0.4) is 0 Å². The summed E-state index contributed by atoms with van der Waals surface area (Å²) in [6.45, 7) is 5.54. The lowest BCUT2D eigenvalue weighted by atomic mass is 10.2. The lowest BCUT2D eigenvalue weighted by Gasteiger charge is -2.10. The molecule has 3 aromatic heterocycles. The van der Waals surface area contributed by atoms with Crippen LogP contribution in [0.15, 0.2) is 35.1 Å². The minimum absolute atomic E-state index is 0.213. The molecule has 0 amide bonds. The zero-order valence-corrected chi connectivity index (χ0v) is 17.1. The Kier molecular flexibility index (Phi) is 4.82. The monoisotopic (exact) mass is 411 g/mol. The molecule has 0 aliphatic carbocycles. The summed E-state index contributed by atoms with van der Waals surface area (Å²) < 4.78 is 6.45. The van der Waals surface area contributed by atoms with Gasteiger partial charge in [0.15, 0.2) is 11.9 Å². The van der Waals surface area contributed by atoms with Crippen molar-refractivity contribution in [2.45, 2.75) is 26.9 Å². The molecule has 0 aliphatic heterocycles. The molecule has 4 aromatic rings. The van der Waals surface area contributed by atoms with Crippen molar-refractivity contribution < 1.29 is 9.53 Å². The number of carbonyl (C=O) groups is 1. The summed E-state index contributed by atoms with van der Waals surface area (Å²) in [7, 11) is 0. The van der Waals surface area contributed by atoms with Gasteiger partial charge >= 0.3 is 5.97 Å². The molecule has 0 aliphatic rings. The van der Waals surface area contributed by atoms with Gasteiger partial charge in [-0.05, 0) is 44.5 Å². The summed E-state index contributed by atoms with van der Waals surface area (Å²) >= 11 is 2.96. The largest absolute Gasteiger partial charge is 0.451 e. The van der Waals surface area contributed by atoms with Crippen molar-refractivity contribution in [2.24, 2.45) is 0 Å². The van der Waals surface area contributed by atoms with E-state index in [1.807, 2.05) is 38.1 Å². The molecule has 142 valence electrons. The van der Waals surface area contributed by atoms with Crippen molar-refractivity contribution in [3.05, 3.63) is 62.0 Å². The molecule has 0 spiro atoms. The molecule has 1 aromatic carbocycles. The zero-order valence-electron chi connectivity index (χ0n) is 15.5. The first-order valence-electron chi connectivity index (χ1n) is 8.66. The highest BCUT2D eigenvalue weighted by atomic mass is 32.1. The van der Waals surface area contributed by atoms with Crippen molar-refractivity contribution >= 4 is 55.2 Å². The second-order valence-corrected chi connectivity index (χ2v) is 8.61. The van der Waals surface area contributed by atoms with Gasteiger partial charge in [0.05, 0.1) is 15.6 Å². The van der Waals surface area contributed by atoms with Crippen LogP contribution >= 0.6 is 22.7 Å². The van der Waals surface area contributed by atoms with Gasteiger partial charge in [-0.2, -0.15) is 0 Å². The van der Waals surface area contributed by atoms with Gasteiger partial charge in [0, 0.05) is 11.0 Å². The Morgan fingerprint density at radius 3 is 2.79 bits per heavy atom. The molecule has 4 rings (SSSR count). The number of nitrogens with one attached hydrogen (secondary N) is 1. The average Bonchev–Trinajstić information content (AvgIpc) is 3.20. The number of H-pyrrole nitrogens is 1. The predicted octanol–water partition coefficient (Wildman–Crippen LogP) is 4.53. The smallest absolute Gasteiger partial charge is 0.331 e. The molecular weight excluding hydrogens is 394 g/mol. The maximum atomic E-state index is 12.4. The predicted molar refractivity (Wildman–Crippen MR) is 113 cm³/mol. The molecule has 6 nitrogen and oxygen atoms in total. The second kappa shape index (κ2) is 7.29. The van der Waals surface area contributed by atoms with Crippen LogP contribution in [0.5, 0.6) is 0 Å². The number of para-hydroxylation sites is 1. The molecular formula is C20H17N3O3S2. The summed E-state index contributed by atoms with van der Waals surface area (Å²) in [5, 5.41) is 1.32. The number of thiophene rings is 1. The van der Waals surface area contributed by atoms with Crippen LogP contribution in [0, 0.1) is 13.8 Å². The molecule has 0 saturated carbocycles. The van der Waals surface area contributed by atoms with Gasteiger partial charge in [0.1, 0.15) is 9.84 Å². The molecule has 0 saturated heterocycles. The molecule has 28 heavy (non-hydrogen) atoms. The Morgan fingerprint density at radius 2 is 2.00 bits per heavy atom. The van der Waals surface area contributed by atoms with Gasteiger partial charge < -0.3 is 9.72 Å². The summed E-state index contributed by atoms with van der Waals surface area (Å²) in [6, 6.07) is 7.78. The Balaban J connectivity index is 1.51. The Morgan fingerprint density at radius 1 is 1.21 bits per heavy atom. The van der Waals surface area contributed by atoms with E-state index in [-0.39, 0.29) is 5.56 Å². The summed E-state index contributed by atoms with van der Waals surface area (Å²) in [5.41, 5.74) is 1.61. The fourth-order valence-electron chi connectivity index (χ4n) is 2.83. The number of aryl methyl sites for hydroxylation is 2. The number of carbonyl (C=O) groups excluding carboxylic acids is 1. The minimum Gasteiger partial charge on any atom is -0.451 e. The minimum atomic E-state index is -0.674. The molecule has 0 radical (unpaired) electrons. The second-order valence-electron chi connectivity index (χ2n) is 6.35. The van der Waals surface area contributed by atoms with E-state index in [4.69, 9.17) is 4.74 Å². The highest BCUT2D eigenvalue weighted by Crippen LogP contribution is 2.27. The highest BCUT2D eigenvalue weighted by Gasteiger charge is 2.17. The van der Waals surface area contributed by atoms with Crippen LogP contribution in [0.25, 0.3) is 26.5 Å². The van der Waals surface area contributed by atoms with Gasteiger partial charge in [-0.15, -0.1) is 22.7 Å². The topological polar surface area (TPSA) is 84.9 Å². The van der Waals surface area contributed by atoms with Gasteiger partial charge in [-0.3, -0.25) is 4.79 Å². The van der Waals surface area contributed by atoms with E-state index in [1.54, 1.807) is 13.0 Å². The van der Waals surface area contributed by atoms with Crippen LogP contribution in [0.2, 0.25) is 0 Å². The number of rotatable bonds is 4. The third-order valence-electron chi connectivity index (χ3n) is 4.41. The highest BCUT2D eigenvalue weighted by molar-refractivity contribution is 7.19. The molecule has 3 heterocycles. The van der Waals surface area contributed by atoms with E-state index in [0.717, 1.165) is 25.7 Å². The number of benzene rings is 1. The normalized spacial score (nSPS) is 12.8. The molecule has 0 bridgehead atoms. The molecule has 1 atom stereocenters. The Hall–Kier alpha value is -2.84. The van der Waals surface area contributed by atoms with Gasteiger partial charge in [-0.25, -0.2) is 14.8 Å². The first-order valence-corrected chi connectivity index (χ1v) is 10.3. The number of nitrogens with zero attached hydrogens (tertiary/aromatic N) is 2. The number of hydrogen-bond donors (Lipinski definition) is 1. The number of esters is 1. The Bertz CT molecular complexity index is 1250. The standard InChI is InChI=1S/C20H17N3O3S2/c1-10-12(3)27-20-17(10)19(25)22-18(23-20)11(2)26-16(24)9-8-15-21-13-6-4-5-7-14(13)28-15/h4-9,11H,1-3H3,(H,22,23,25)/b9-8+/t11-/m0/s1. The van der Waals surface area contributed by atoms with Gasteiger partial charge in [0.2, 0.25) is 0 Å². The lowest BCUT2D eigenvalue weighted by Crippen LogP contribution is -2.16. The third kappa shape index (κ3) is 3.48. The first kappa shape index (κ1) is 18.5. The SMILES string of the molecule is Cc1sc2nc([C@H](C)OC(=O)/C=C/c3nc4ccccc4s3)[nH]c(=O)c2c1C. The first-order chi connectivity index (χ1) is 13.4. The fourth-order valence-corrected chi connectivity index (χ4v) is 4.74. The molecule has 0 fully saturated rings. The van der Waals surface area contributed by atoms with Crippen molar-refractivity contribution in [3.63, 3.8) is 0 Å². The maximum Gasteiger partial charge on any atom is 0.331 e. The van der Waals surface area contributed by atoms with E-state index >= 15 is 0 Å². The Labute approximate surface area is 168 Å². The van der Waals surface area contributed by atoms with Crippen LogP contribution in [-0.2, 0) is 9.53 Å². The summed E-state index contributed by atoms with van der Waals surface area (Å²) in [4.78, 5) is 37.9.